The van der Waals surface area contributed by atoms with Gasteiger partial charge in [0, 0.05) is 22.7 Å². The van der Waals surface area contributed by atoms with Gasteiger partial charge in [-0.2, -0.15) is 0 Å². The Bertz CT molecular complexity index is 1220. The molecule has 1 fully saturated rings. The third-order valence-electron chi connectivity index (χ3n) is 7.54. The minimum Gasteiger partial charge on any atom is -0.452 e. The number of benzene rings is 2. The number of amides is 1. The maximum atomic E-state index is 12.6. The Labute approximate surface area is 205 Å². The number of nitrogens with zero attached hydrogens (tertiary/aromatic N) is 3. The number of halogens is 1. The first-order chi connectivity index (χ1) is 16.4. The first-order valence-electron chi connectivity index (χ1n) is 12.2. The van der Waals surface area contributed by atoms with Gasteiger partial charge in [-0.05, 0) is 68.4 Å². The van der Waals surface area contributed by atoms with Gasteiger partial charge in [0.2, 0.25) is 0 Å². The van der Waals surface area contributed by atoms with Gasteiger partial charge in [-0.15, -0.1) is 0 Å². The van der Waals surface area contributed by atoms with Crippen LogP contribution in [0.4, 0.5) is 10.5 Å². The van der Waals surface area contributed by atoms with Crippen molar-refractivity contribution < 1.29 is 14.6 Å². The summed E-state index contributed by atoms with van der Waals surface area (Å²) in [7, 11) is 1.42. The van der Waals surface area contributed by atoms with Crippen LogP contribution in [0.5, 0.6) is 0 Å². The second kappa shape index (κ2) is 9.23. The van der Waals surface area contributed by atoms with Crippen molar-refractivity contribution in [3.05, 3.63) is 58.4 Å². The van der Waals surface area contributed by atoms with Crippen molar-refractivity contribution in [3.8, 4) is 0 Å². The Morgan fingerprint density at radius 1 is 1.21 bits per heavy atom. The average Bonchev–Trinajstić information content (AvgIpc) is 3.23. The molecule has 7 heteroatoms. The molecule has 6 nitrogen and oxygen atoms in total. The number of methoxy groups -OCH3 is 1. The lowest BCUT2D eigenvalue weighted by Gasteiger charge is -2.34. The summed E-state index contributed by atoms with van der Waals surface area (Å²) >= 11 is 6.24. The summed E-state index contributed by atoms with van der Waals surface area (Å²) in [6.45, 7) is 4.34. The summed E-state index contributed by atoms with van der Waals surface area (Å²) in [5.74, 6) is 1.27. The quantitative estimate of drug-likeness (QED) is 0.468. The number of aryl methyl sites for hydroxylation is 1. The Morgan fingerprint density at radius 2 is 2.03 bits per heavy atom. The molecular formula is C27H32ClN3O3. The lowest BCUT2D eigenvalue weighted by atomic mass is 9.86. The maximum absolute atomic E-state index is 12.6. The molecule has 4 unspecified atom stereocenters. The predicted molar refractivity (Wildman–Crippen MR) is 135 cm³/mol. The Morgan fingerprint density at radius 3 is 2.76 bits per heavy atom. The predicted octanol–water partition coefficient (Wildman–Crippen LogP) is 6.43. The van der Waals surface area contributed by atoms with Gasteiger partial charge in [-0.1, -0.05) is 43.5 Å². The molecule has 2 aromatic carbocycles. The van der Waals surface area contributed by atoms with Gasteiger partial charge >= 0.3 is 6.09 Å². The van der Waals surface area contributed by atoms with E-state index in [0.29, 0.717) is 16.8 Å². The summed E-state index contributed by atoms with van der Waals surface area (Å²) in [5.41, 5.74) is 4.51. The number of aromatic nitrogens is 2. The Balaban J connectivity index is 1.70. The van der Waals surface area contributed by atoms with Crippen LogP contribution in [0.2, 0.25) is 5.02 Å². The van der Waals surface area contributed by atoms with E-state index in [0.717, 1.165) is 60.0 Å². The first-order valence-corrected chi connectivity index (χ1v) is 12.6. The van der Waals surface area contributed by atoms with E-state index >= 15 is 0 Å². The van der Waals surface area contributed by atoms with E-state index in [-0.39, 0.29) is 18.2 Å². The monoisotopic (exact) mass is 481 g/mol. The van der Waals surface area contributed by atoms with Crippen LogP contribution >= 0.6 is 11.6 Å². The van der Waals surface area contributed by atoms with E-state index in [1.54, 1.807) is 11.0 Å². The molecule has 0 saturated heterocycles. The van der Waals surface area contributed by atoms with Crippen molar-refractivity contribution in [3.63, 3.8) is 0 Å². The molecule has 1 saturated carbocycles. The van der Waals surface area contributed by atoms with Crippen LogP contribution in [0.3, 0.4) is 0 Å². The van der Waals surface area contributed by atoms with E-state index < -0.39 is 6.10 Å². The van der Waals surface area contributed by atoms with Gasteiger partial charge in [-0.3, -0.25) is 4.90 Å². The van der Waals surface area contributed by atoms with Gasteiger partial charge in [-0.25, -0.2) is 9.78 Å². The maximum Gasteiger partial charge on any atom is 0.414 e. The number of fused-ring (bicyclic) bond motifs is 3. The number of ether oxygens (including phenoxy) is 1. The number of anilines is 1. The molecule has 1 aliphatic heterocycles. The van der Waals surface area contributed by atoms with E-state index in [1.807, 2.05) is 31.2 Å². The summed E-state index contributed by atoms with van der Waals surface area (Å²) in [5, 5.41) is 12.1. The fourth-order valence-electron chi connectivity index (χ4n) is 5.83. The first kappa shape index (κ1) is 23.2. The highest BCUT2D eigenvalue weighted by atomic mass is 35.5. The van der Waals surface area contributed by atoms with Crippen molar-refractivity contribution in [2.24, 2.45) is 5.92 Å². The highest BCUT2D eigenvalue weighted by Crippen LogP contribution is 2.42. The van der Waals surface area contributed by atoms with Crippen LogP contribution in [-0.2, 0) is 11.2 Å². The topological polar surface area (TPSA) is 67.6 Å². The zero-order valence-electron chi connectivity index (χ0n) is 20.0. The molecular weight excluding hydrogens is 450 g/mol. The summed E-state index contributed by atoms with van der Waals surface area (Å²) in [4.78, 5) is 19.4. The molecule has 1 amide bonds. The van der Waals surface area contributed by atoms with Crippen LogP contribution in [-0.4, -0.2) is 33.9 Å². The van der Waals surface area contributed by atoms with Crippen molar-refractivity contribution in [1.82, 2.24) is 9.55 Å². The second-order valence-electron chi connectivity index (χ2n) is 9.88. The largest absolute Gasteiger partial charge is 0.452 e. The SMILES string of the molecule is COC(=O)N1c2ccc3c(nc(C(O)c4cccc(Cl)c4)n3C3CCCC(C)C3)c2CCC1C. The molecule has 0 spiro atoms. The lowest BCUT2D eigenvalue weighted by molar-refractivity contribution is 0.175. The fraction of sp³-hybridized carbons (Fsp3) is 0.481. The number of rotatable bonds is 3. The molecule has 3 aromatic rings. The van der Waals surface area contributed by atoms with Crippen molar-refractivity contribution in [2.75, 3.05) is 12.0 Å². The van der Waals surface area contributed by atoms with Gasteiger partial charge < -0.3 is 14.4 Å². The molecule has 5 rings (SSSR count). The van der Waals surface area contributed by atoms with Crippen molar-refractivity contribution in [1.29, 1.82) is 0 Å². The molecule has 1 aliphatic carbocycles. The molecule has 1 N–H and O–H groups in total. The second-order valence-corrected chi connectivity index (χ2v) is 10.3. The van der Waals surface area contributed by atoms with Gasteiger partial charge in [0.15, 0.2) is 0 Å². The highest BCUT2D eigenvalue weighted by Gasteiger charge is 2.34. The van der Waals surface area contributed by atoms with Crippen LogP contribution < -0.4 is 4.90 Å². The zero-order chi connectivity index (χ0) is 24.0. The molecule has 180 valence electrons. The van der Waals surface area contributed by atoms with Crippen molar-refractivity contribution >= 4 is 34.4 Å². The lowest BCUT2D eigenvalue weighted by Crippen LogP contribution is -2.42. The van der Waals surface area contributed by atoms with Crippen LogP contribution in [0.1, 0.15) is 75.0 Å². The summed E-state index contributed by atoms with van der Waals surface area (Å²) in [6, 6.07) is 11.8. The van der Waals surface area contributed by atoms with Crippen molar-refractivity contribution in [2.45, 2.75) is 70.6 Å². The fourth-order valence-corrected chi connectivity index (χ4v) is 6.03. The van der Waals surface area contributed by atoms with Gasteiger partial charge in [0.25, 0.3) is 0 Å². The molecule has 2 heterocycles. The van der Waals surface area contributed by atoms with E-state index in [2.05, 4.69) is 17.6 Å². The highest BCUT2D eigenvalue weighted by molar-refractivity contribution is 6.30. The van der Waals surface area contributed by atoms with E-state index in [9.17, 15) is 9.90 Å². The molecule has 34 heavy (non-hydrogen) atoms. The molecule has 1 aromatic heterocycles. The zero-order valence-corrected chi connectivity index (χ0v) is 20.8. The van der Waals surface area contributed by atoms with E-state index in [4.69, 9.17) is 21.3 Å². The Hall–Kier alpha value is -2.57. The minimum absolute atomic E-state index is 0.0511. The number of hydrogen-bond acceptors (Lipinski definition) is 4. The minimum atomic E-state index is -0.891. The van der Waals surface area contributed by atoms with Gasteiger partial charge in [0.05, 0.1) is 23.8 Å². The van der Waals surface area contributed by atoms with Crippen LogP contribution in [0.15, 0.2) is 36.4 Å². The number of aliphatic hydroxyl groups is 1. The smallest absolute Gasteiger partial charge is 0.414 e. The number of aliphatic hydroxyl groups excluding tert-OH is 1. The summed E-state index contributed by atoms with van der Waals surface area (Å²) < 4.78 is 7.34. The van der Waals surface area contributed by atoms with Crippen LogP contribution in [0, 0.1) is 5.92 Å². The summed E-state index contributed by atoms with van der Waals surface area (Å²) in [6.07, 6.45) is 4.93. The number of hydrogen-bond donors (Lipinski definition) is 1. The Kier molecular flexibility index (Phi) is 6.30. The molecule has 0 radical (unpaired) electrons. The number of imidazole rings is 1. The molecule has 4 atom stereocenters. The normalized spacial score (nSPS) is 23.6. The standard InChI is InChI=1S/C27H32ClN3O3/c1-16-6-4-9-20(14-16)31-23-13-12-22-21(11-10-17(2)30(22)27(33)34-3)24(23)29-26(31)25(32)18-7-5-8-19(28)15-18/h5,7-8,12-13,15-17,20,25,32H,4,6,9-11,14H2,1-3H3. The van der Waals surface area contributed by atoms with Crippen LogP contribution in [0.25, 0.3) is 11.0 Å². The van der Waals surface area contributed by atoms with Gasteiger partial charge in [0.1, 0.15) is 11.9 Å². The average molecular weight is 482 g/mol. The number of carbonyl (C=O) groups excluding carboxylic acids is 1. The van der Waals surface area contributed by atoms with E-state index in [1.165, 1.54) is 13.5 Å². The molecule has 2 aliphatic rings. The molecule has 0 bridgehead atoms. The number of carbonyl (C=O) groups is 1. The third kappa shape index (κ3) is 3.97. The third-order valence-corrected chi connectivity index (χ3v) is 7.77.